The second-order valence-corrected chi connectivity index (χ2v) is 9.14. The quantitative estimate of drug-likeness (QED) is 0.818. The number of piperidine rings is 1. The molecule has 1 aromatic rings. The number of nitrogens with zero attached hydrogens (tertiary/aromatic N) is 2. The first-order valence-corrected chi connectivity index (χ1v) is 10.3. The van der Waals surface area contributed by atoms with Gasteiger partial charge in [-0.05, 0) is 36.5 Å². The molecule has 2 heterocycles. The highest BCUT2D eigenvalue weighted by atomic mass is 32.2. The average Bonchev–Trinajstić information content (AvgIpc) is 2.61. The van der Waals surface area contributed by atoms with E-state index in [2.05, 4.69) is 13.8 Å². The zero-order valence-corrected chi connectivity index (χ0v) is 15.7. The van der Waals surface area contributed by atoms with Crippen molar-refractivity contribution >= 4 is 15.9 Å². The number of carbonyl (C=O) groups excluding carboxylic acids is 1. The molecule has 2 aliphatic heterocycles. The number of morpholine rings is 1. The number of hydrogen-bond donors (Lipinski definition) is 0. The van der Waals surface area contributed by atoms with Crippen molar-refractivity contribution < 1.29 is 17.9 Å². The highest BCUT2D eigenvalue weighted by molar-refractivity contribution is 7.89. The van der Waals surface area contributed by atoms with E-state index < -0.39 is 10.0 Å². The molecule has 1 aromatic carbocycles. The zero-order chi connectivity index (χ0) is 18.0. The molecule has 0 saturated carbocycles. The fourth-order valence-corrected chi connectivity index (χ4v) is 5.19. The van der Waals surface area contributed by atoms with Crippen molar-refractivity contribution in [1.82, 2.24) is 9.21 Å². The van der Waals surface area contributed by atoms with Crippen LogP contribution in [0.5, 0.6) is 0 Å². The molecule has 2 fully saturated rings. The third-order valence-electron chi connectivity index (χ3n) is 4.84. The molecule has 6 nitrogen and oxygen atoms in total. The van der Waals surface area contributed by atoms with Crippen molar-refractivity contribution in [2.45, 2.75) is 25.2 Å². The van der Waals surface area contributed by atoms with Gasteiger partial charge in [0.1, 0.15) is 0 Å². The third-order valence-corrected chi connectivity index (χ3v) is 6.74. The summed E-state index contributed by atoms with van der Waals surface area (Å²) >= 11 is 0. The Bertz CT molecular complexity index is 718. The smallest absolute Gasteiger partial charge is 0.253 e. The van der Waals surface area contributed by atoms with Crippen LogP contribution in [0.1, 0.15) is 30.6 Å². The Morgan fingerprint density at radius 3 is 2.40 bits per heavy atom. The van der Waals surface area contributed by atoms with Crippen LogP contribution >= 0.6 is 0 Å². The van der Waals surface area contributed by atoms with Crippen LogP contribution in [-0.2, 0) is 14.8 Å². The van der Waals surface area contributed by atoms with Crippen molar-refractivity contribution in [1.29, 1.82) is 0 Å². The lowest BCUT2D eigenvalue weighted by Gasteiger charge is -2.35. The van der Waals surface area contributed by atoms with Gasteiger partial charge in [-0.25, -0.2) is 8.42 Å². The Morgan fingerprint density at radius 2 is 1.76 bits per heavy atom. The highest BCUT2D eigenvalue weighted by Gasteiger charge is 2.29. The molecule has 138 valence electrons. The van der Waals surface area contributed by atoms with Gasteiger partial charge >= 0.3 is 0 Å². The van der Waals surface area contributed by atoms with E-state index in [1.807, 2.05) is 4.90 Å². The van der Waals surface area contributed by atoms with Crippen LogP contribution in [-0.4, -0.2) is 62.9 Å². The molecule has 3 rings (SSSR count). The average molecular weight is 366 g/mol. The van der Waals surface area contributed by atoms with E-state index >= 15 is 0 Å². The predicted octanol–water partition coefficient (Wildman–Crippen LogP) is 1.83. The Labute approximate surface area is 149 Å². The van der Waals surface area contributed by atoms with Gasteiger partial charge in [0, 0.05) is 31.7 Å². The summed E-state index contributed by atoms with van der Waals surface area (Å²) in [5, 5.41) is 0. The number of likely N-dealkylation sites (tertiary alicyclic amines) is 1. The number of ether oxygens (including phenoxy) is 1. The molecule has 0 radical (unpaired) electrons. The molecule has 2 aliphatic rings. The summed E-state index contributed by atoms with van der Waals surface area (Å²) in [6.45, 7) is 7.25. The van der Waals surface area contributed by atoms with E-state index in [0.29, 0.717) is 43.7 Å². The van der Waals surface area contributed by atoms with Crippen LogP contribution in [0.4, 0.5) is 0 Å². The molecule has 0 N–H and O–H groups in total. The molecule has 7 heteroatoms. The van der Waals surface area contributed by atoms with Gasteiger partial charge in [0.15, 0.2) is 0 Å². The van der Waals surface area contributed by atoms with Crippen LogP contribution in [0.25, 0.3) is 0 Å². The minimum atomic E-state index is -3.59. The van der Waals surface area contributed by atoms with Crippen molar-refractivity contribution in [2.75, 3.05) is 39.4 Å². The molecular weight excluding hydrogens is 340 g/mol. The lowest BCUT2D eigenvalue weighted by atomic mass is 9.91. The highest BCUT2D eigenvalue weighted by Crippen LogP contribution is 2.24. The first-order valence-electron chi connectivity index (χ1n) is 8.85. The van der Waals surface area contributed by atoms with Crippen LogP contribution in [0.2, 0.25) is 0 Å². The number of benzene rings is 1. The Kier molecular flexibility index (Phi) is 5.46. The van der Waals surface area contributed by atoms with Gasteiger partial charge in [0.25, 0.3) is 5.91 Å². The molecular formula is C18H26N2O4S. The molecule has 2 saturated heterocycles. The van der Waals surface area contributed by atoms with E-state index in [9.17, 15) is 13.2 Å². The first kappa shape index (κ1) is 18.4. The SMILES string of the molecule is C[C@H]1C[C@H](C)CN(C(=O)c2cccc(S(=O)(=O)N3CCOCC3)c2)C1. The van der Waals surface area contributed by atoms with Crippen LogP contribution < -0.4 is 0 Å². The monoisotopic (exact) mass is 366 g/mol. The van der Waals surface area contributed by atoms with Crippen molar-refractivity contribution in [2.24, 2.45) is 11.8 Å². The van der Waals surface area contributed by atoms with Gasteiger partial charge in [-0.3, -0.25) is 4.79 Å². The molecule has 0 bridgehead atoms. The first-order chi connectivity index (χ1) is 11.9. The Morgan fingerprint density at radius 1 is 1.12 bits per heavy atom. The molecule has 25 heavy (non-hydrogen) atoms. The molecule has 0 spiro atoms. The van der Waals surface area contributed by atoms with Crippen molar-refractivity contribution in [3.8, 4) is 0 Å². The number of sulfonamides is 1. The van der Waals surface area contributed by atoms with Gasteiger partial charge in [0.05, 0.1) is 18.1 Å². The second-order valence-electron chi connectivity index (χ2n) is 7.20. The van der Waals surface area contributed by atoms with Gasteiger partial charge in [-0.2, -0.15) is 4.31 Å². The predicted molar refractivity (Wildman–Crippen MR) is 94.9 cm³/mol. The standard InChI is InChI=1S/C18H26N2O4S/c1-14-10-15(2)13-19(12-14)18(21)16-4-3-5-17(11-16)25(22,23)20-6-8-24-9-7-20/h3-5,11,14-15H,6-10,12-13H2,1-2H3/t14-,15-/m0/s1. The molecule has 0 aromatic heterocycles. The maximum Gasteiger partial charge on any atom is 0.253 e. The summed E-state index contributed by atoms with van der Waals surface area (Å²) in [5.41, 5.74) is 0.440. The normalized spacial score (nSPS) is 25.8. The van der Waals surface area contributed by atoms with Crippen molar-refractivity contribution in [3.05, 3.63) is 29.8 Å². The summed E-state index contributed by atoms with van der Waals surface area (Å²) in [7, 11) is -3.59. The summed E-state index contributed by atoms with van der Waals surface area (Å²) in [6.07, 6.45) is 1.12. The van der Waals surface area contributed by atoms with Crippen molar-refractivity contribution in [3.63, 3.8) is 0 Å². The van der Waals surface area contributed by atoms with E-state index in [-0.39, 0.29) is 10.8 Å². The van der Waals surface area contributed by atoms with Gasteiger partial charge < -0.3 is 9.64 Å². The molecule has 2 atom stereocenters. The van der Waals surface area contributed by atoms with E-state index in [0.717, 1.165) is 19.5 Å². The van der Waals surface area contributed by atoms with Gasteiger partial charge in [-0.15, -0.1) is 0 Å². The third kappa shape index (κ3) is 4.04. The van der Waals surface area contributed by atoms with E-state index in [4.69, 9.17) is 4.74 Å². The number of amides is 1. The second kappa shape index (κ2) is 7.43. The maximum absolute atomic E-state index is 12.8. The molecule has 0 unspecified atom stereocenters. The summed E-state index contributed by atoms with van der Waals surface area (Å²) < 4.78 is 32.2. The fraction of sp³-hybridized carbons (Fsp3) is 0.611. The number of carbonyl (C=O) groups is 1. The Balaban J connectivity index is 1.82. The number of rotatable bonds is 3. The summed E-state index contributed by atoms with van der Waals surface area (Å²) in [6, 6.07) is 6.42. The largest absolute Gasteiger partial charge is 0.379 e. The molecule has 1 amide bonds. The molecule has 0 aliphatic carbocycles. The van der Waals surface area contributed by atoms with E-state index in [1.54, 1.807) is 18.2 Å². The fourth-order valence-electron chi connectivity index (χ4n) is 3.74. The van der Waals surface area contributed by atoms with Crippen LogP contribution in [0, 0.1) is 11.8 Å². The Hall–Kier alpha value is -1.44. The number of hydrogen-bond acceptors (Lipinski definition) is 4. The van der Waals surface area contributed by atoms with Crippen LogP contribution in [0.15, 0.2) is 29.2 Å². The maximum atomic E-state index is 12.8. The van der Waals surface area contributed by atoms with E-state index in [1.165, 1.54) is 10.4 Å². The topological polar surface area (TPSA) is 66.9 Å². The minimum Gasteiger partial charge on any atom is -0.379 e. The van der Waals surface area contributed by atoms with Gasteiger partial charge in [-0.1, -0.05) is 19.9 Å². The lowest BCUT2D eigenvalue weighted by molar-refractivity contribution is 0.0622. The summed E-state index contributed by atoms with van der Waals surface area (Å²) in [4.78, 5) is 14.9. The zero-order valence-electron chi connectivity index (χ0n) is 14.8. The lowest BCUT2D eigenvalue weighted by Crippen LogP contribution is -2.43. The summed E-state index contributed by atoms with van der Waals surface area (Å²) in [5.74, 6) is 0.846. The van der Waals surface area contributed by atoms with Crippen LogP contribution in [0.3, 0.4) is 0 Å². The minimum absolute atomic E-state index is 0.0857. The van der Waals surface area contributed by atoms with Gasteiger partial charge in [0.2, 0.25) is 10.0 Å².